The molecule has 0 radical (unpaired) electrons. The topological polar surface area (TPSA) is 55.3 Å². The van der Waals surface area contributed by atoms with Gasteiger partial charge in [0.1, 0.15) is 0 Å². The van der Waals surface area contributed by atoms with Crippen molar-refractivity contribution in [1.82, 2.24) is 3.46 Å². The molecule has 0 fully saturated rings. The van der Waals surface area contributed by atoms with Gasteiger partial charge >= 0.3 is 172 Å². The average molecular weight is 576 g/mol. The number of halogens is 2. The Morgan fingerprint density at radius 1 is 0.769 bits per heavy atom. The van der Waals surface area contributed by atoms with Gasteiger partial charge in [0.15, 0.2) is 0 Å². The van der Waals surface area contributed by atoms with Crippen LogP contribution in [-0.4, -0.2) is 16.5 Å². The van der Waals surface area contributed by atoms with Crippen molar-refractivity contribution in [2.75, 3.05) is 13.1 Å². The Bertz CT molecular complexity index is 652. The number of hydrogen-bond donors (Lipinski definition) is 2. The fourth-order valence-corrected chi connectivity index (χ4v) is 6.52. The van der Waals surface area contributed by atoms with E-state index in [4.69, 9.17) is 30.3 Å². The minimum absolute atomic E-state index is 0.140. The van der Waals surface area contributed by atoms with Crippen LogP contribution in [0.5, 0.6) is 0 Å². The molecular weight excluding hydrogens is 548 g/mol. The zero-order chi connectivity index (χ0) is 19.4. The SMILES string of the molecule is Cc1cccc(C)c1C(N)C[N](CC(N)c1c(C)cccc1C)[Pt]([Cl])[Cl]. The molecule has 0 amide bonds. The summed E-state index contributed by atoms with van der Waals surface area (Å²) in [5.74, 6) is 0. The molecule has 0 aromatic heterocycles. The Morgan fingerprint density at radius 2 is 1.08 bits per heavy atom. The molecule has 2 aromatic rings. The molecule has 0 aliphatic rings. The Kier molecular flexibility index (Phi) is 8.15. The standard InChI is InChI=1S/C20H28N3.2ClH.Pt/c1-13-7-5-8-14(2)19(13)17(21)11-23-12-18(22)20-15(3)9-6-10-16(20)4;;;/h5-10,17-18H,11-12,21-22H2,1-4H3;2*1H;/q-1;;;+3/p-2. The van der Waals surface area contributed by atoms with E-state index in [1.54, 1.807) is 0 Å². The van der Waals surface area contributed by atoms with E-state index in [9.17, 15) is 0 Å². The summed E-state index contributed by atoms with van der Waals surface area (Å²) in [6.45, 7) is 9.59. The summed E-state index contributed by atoms with van der Waals surface area (Å²) in [5.41, 5.74) is 20.2. The van der Waals surface area contributed by atoms with E-state index in [2.05, 4.69) is 67.6 Å². The molecule has 4 N–H and O–H groups in total. The molecular formula is C20H28Cl2N3Pt. The third kappa shape index (κ3) is 5.31. The van der Waals surface area contributed by atoms with Crippen molar-refractivity contribution in [3.8, 4) is 0 Å². The van der Waals surface area contributed by atoms with Crippen LogP contribution < -0.4 is 11.5 Å². The van der Waals surface area contributed by atoms with Crippen LogP contribution in [0.4, 0.5) is 0 Å². The Labute approximate surface area is 171 Å². The van der Waals surface area contributed by atoms with Crippen LogP contribution in [0.1, 0.15) is 45.5 Å². The van der Waals surface area contributed by atoms with Crippen LogP contribution in [0.2, 0.25) is 0 Å². The molecule has 6 heteroatoms. The van der Waals surface area contributed by atoms with Crippen molar-refractivity contribution in [3.63, 3.8) is 0 Å². The summed E-state index contributed by atoms with van der Waals surface area (Å²) in [6.07, 6.45) is 0. The molecule has 0 bridgehead atoms. The second kappa shape index (κ2) is 9.68. The fraction of sp³-hybridized carbons (Fsp3) is 0.400. The van der Waals surface area contributed by atoms with Gasteiger partial charge in [0.25, 0.3) is 0 Å². The van der Waals surface area contributed by atoms with Crippen LogP contribution in [0.25, 0.3) is 0 Å². The average Bonchev–Trinajstić information content (AvgIpc) is 2.53. The molecule has 0 heterocycles. The van der Waals surface area contributed by atoms with Gasteiger partial charge in [-0.1, -0.05) is 0 Å². The van der Waals surface area contributed by atoms with Crippen LogP contribution >= 0.6 is 18.8 Å². The van der Waals surface area contributed by atoms with Gasteiger partial charge in [-0.05, 0) is 0 Å². The van der Waals surface area contributed by atoms with Gasteiger partial charge in [-0.15, -0.1) is 0 Å². The van der Waals surface area contributed by atoms with Crippen LogP contribution in [0.3, 0.4) is 0 Å². The van der Waals surface area contributed by atoms with E-state index >= 15 is 0 Å². The second-order valence-electron chi connectivity index (χ2n) is 6.76. The molecule has 2 aromatic carbocycles. The molecule has 2 rings (SSSR count). The quantitative estimate of drug-likeness (QED) is 0.500. The summed E-state index contributed by atoms with van der Waals surface area (Å²) >= 11 is -2.28. The van der Waals surface area contributed by atoms with Gasteiger partial charge in [0.05, 0.1) is 0 Å². The molecule has 3 nitrogen and oxygen atoms in total. The van der Waals surface area contributed by atoms with Gasteiger partial charge in [-0.2, -0.15) is 0 Å². The monoisotopic (exact) mass is 575 g/mol. The van der Waals surface area contributed by atoms with Gasteiger partial charge in [0.2, 0.25) is 0 Å². The molecule has 0 aliphatic heterocycles. The number of benzene rings is 2. The van der Waals surface area contributed by atoms with Crippen molar-refractivity contribution in [3.05, 3.63) is 69.8 Å². The first kappa shape index (κ1) is 21.9. The van der Waals surface area contributed by atoms with Crippen molar-refractivity contribution >= 4 is 18.8 Å². The van der Waals surface area contributed by atoms with E-state index < -0.39 is 15.5 Å². The van der Waals surface area contributed by atoms with E-state index in [0.29, 0.717) is 13.1 Å². The van der Waals surface area contributed by atoms with Crippen LogP contribution in [-0.2, 0) is 15.5 Å². The van der Waals surface area contributed by atoms with E-state index in [0.717, 1.165) is 0 Å². The fourth-order valence-electron chi connectivity index (χ4n) is 3.57. The molecule has 147 valence electrons. The third-order valence-electron chi connectivity index (χ3n) is 4.74. The zero-order valence-electron chi connectivity index (χ0n) is 15.7. The molecule has 0 spiro atoms. The summed E-state index contributed by atoms with van der Waals surface area (Å²) in [4.78, 5) is 0. The number of hydrogen-bond acceptors (Lipinski definition) is 3. The van der Waals surface area contributed by atoms with Crippen molar-refractivity contribution in [1.29, 1.82) is 0 Å². The Balaban J connectivity index is 2.19. The number of rotatable bonds is 7. The normalized spacial score (nSPS) is 14.4. The summed E-state index contributed by atoms with van der Waals surface area (Å²) in [6, 6.07) is 12.2. The Morgan fingerprint density at radius 3 is 1.35 bits per heavy atom. The van der Waals surface area contributed by atoms with E-state index in [1.165, 1.54) is 33.4 Å². The van der Waals surface area contributed by atoms with Crippen LogP contribution in [0, 0.1) is 27.7 Å². The van der Waals surface area contributed by atoms with E-state index in [1.807, 2.05) is 0 Å². The van der Waals surface area contributed by atoms with Crippen molar-refractivity contribution in [2.24, 2.45) is 11.5 Å². The first-order valence-electron chi connectivity index (χ1n) is 8.56. The maximum atomic E-state index is 6.53. The molecule has 0 saturated carbocycles. The zero-order valence-corrected chi connectivity index (χ0v) is 19.5. The Hall–Kier alpha value is -0.412. The molecule has 26 heavy (non-hydrogen) atoms. The maximum absolute atomic E-state index is 6.53. The molecule has 0 aliphatic carbocycles. The molecule has 0 saturated heterocycles. The summed E-state index contributed by atoms with van der Waals surface area (Å²) in [5, 5.41) is 0. The first-order valence-corrected chi connectivity index (χ1v) is 15.2. The predicted molar refractivity (Wildman–Crippen MR) is 109 cm³/mol. The minimum atomic E-state index is -2.28. The number of nitrogens with two attached hydrogens (primary N) is 2. The van der Waals surface area contributed by atoms with E-state index in [-0.39, 0.29) is 12.1 Å². The second-order valence-corrected chi connectivity index (χ2v) is 14.0. The third-order valence-corrected chi connectivity index (χ3v) is 9.14. The van der Waals surface area contributed by atoms with Gasteiger partial charge in [0, 0.05) is 0 Å². The number of nitrogens with zero attached hydrogens (tertiary/aromatic N) is 1. The first-order chi connectivity index (χ1) is 12.2. The van der Waals surface area contributed by atoms with Gasteiger partial charge in [-0.25, -0.2) is 0 Å². The summed E-state index contributed by atoms with van der Waals surface area (Å²) < 4.78 is 2.10. The van der Waals surface area contributed by atoms with Crippen LogP contribution in [0.15, 0.2) is 36.4 Å². The van der Waals surface area contributed by atoms with Gasteiger partial charge < -0.3 is 0 Å². The van der Waals surface area contributed by atoms with Gasteiger partial charge in [-0.3, -0.25) is 0 Å². The van der Waals surface area contributed by atoms with Crippen molar-refractivity contribution in [2.45, 2.75) is 39.8 Å². The van der Waals surface area contributed by atoms with Crippen molar-refractivity contribution < 1.29 is 15.5 Å². The molecule has 2 atom stereocenters. The molecule has 2 unspecified atom stereocenters. The predicted octanol–water partition coefficient (Wildman–Crippen LogP) is 4.76. The number of aryl methyl sites for hydroxylation is 4. The summed E-state index contributed by atoms with van der Waals surface area (Å²) in [7, 11) is 12.8.